The van der Waals surface area contributed by atoms with Crippen LogP contribution in [0.25, 0.3) is 0 Å². The first kappa shape index (κ1) is 15.5. The second-order valence-electron chi connectivity index (χ2n) is 6.54. The van der Waals surface area contributed by atoms with Gasteiger partial charge >= 0.3 is 0 Å². The van der Waals surface area contributed by atoms with Crippen LogP contribution in [0.5, 0.6) is 0 Å². The summed E-state index contributed by atoms with van der Waals surface area (Å²) < 4.78 is 0. The number of amides is 1. The van der Waals surface area contributed by atoms with Gasteiger partial charge in [-0.05, 0) is 44.4 Å². The third-order valence-corrected chi connectivity index (χ3v) is 4.00. The van der Waals surface area contributed by atoms with Crippen molar-refractivity contribution in [1.82, 2.24) is 10.6 Å². The molecule has 0 aromatic rings. The number of carbonyl (C=O) groups excluding carboxylic acids is 1. The zero-order valence-electron chi connectivity index (χ0n) is 12.6. The standard InChI is InChI=1S/C15H30N2O/c1-10(2)13-7-6-12(5)8-14(13)16-9-15(18)17-11(3)4/h10-14,16H,6-9H2,1-5H3,(H,17,18). The molecule has 0 aromatic carbocycles. The van der Waals surface area contributed by atoms with Crippen molar-refractivity contribution in [3.05, 3.63) is 0 Å². The lowest BCUT2D eigenvalue weighted by molar-refractivity contribution is -0.121. The Morgan fingerprint density at radius 2 is 1.89 bits per heavy atom. The van der Waals surface area contributed by atoms with Gasteiger partial charge in [-0.1, -0.05) is 27.2 Å². The highest BCUT2D eigenvalue weighted by atomic mass is 16.1. The topological polar surface area (TPSA) is 41.1 Å². The van der Waals surface area contributed by atoms with Gasteiger partial charge in [0.05, 0.1) is 6.54 Å². The molecule has 0 aliphatic heterocycles. The van der Waals surface area contributed by atoms with Crippen LogP contribution in [0, 0.1) is 17.8 Å². The number of hydrogen-bond acceptors (Lipinski definition) is 2. The van der Waals surface area contributed by atoms with Gasteiger partial charge in [-0.2, -0.15) is 0 Å². The molecule has 0 radical (unpaired) electrons. The minimum atomic E-state index is 0.116. The summed E-state index contributed by atoms with van der Waals surface area (Å²) in [4.78, 5) is 11.7. The molecule has 106 valence electrons. The molecule has 3 heteroatoms. The fraction of sp³-hybridized carbons (Fsp3) is 0.933. The Morgan fingerprint density at radius 3 is 2.44 bits per heavy atom. The Labute approximate surface area is 112 Å². The molecule has 18 heavy (non-hydrogen) atoms. The van der Waals surface area contributed by atoms with Crippen molar-refractivity contribution >= 4 is 5.91 Å². The minimum absolute atomic E-state index is 0.116. The van der Waals surface area contributed by atoms with E-state index in [-0.39, 0.29) is 11.9 Å². The second-order valence-corrected chi connectivity index (χ2v) is 6.54. The van der Waals surface area contributed by atoms with Gasteiger partial charge in [0.2, 0.25) is 5.91 Å². The molecule has 1 rings (SSSR count). The SMILES string of the molecule is CC1CCC(C(C)C)C(NCC(=O)NC(C)C)C1. The summed E-state index contributed by atoms with van der Waals surface area (Å²) in [7, 11) is 0. The largest absolute Gasteiger partial charge is 0.353 e. The molecular weight excluding hydrogens is 224 g/mol. The van der Waals surface area contributed by atoms with Gasteiger partial charge in [0, 0.05) is 12.1 Å². The van der Waals surface area contributed by atoms with Crippen LogP contribution in [0.4, 0.5) is 0 Å². The molecular formula is C15H30N2O. The predicted molar refractivity (Wildman–Crippen MR) is 76.4 cm³/mol. The third kappa shape index (κ3) is 4.97. The lowest BCUT2D eigenvalue weighted by Gasteiger charge is -2.38. The van der Waals surface area contributed by atoms with Crippen LogP contribution in [0.3, 0.4) is 0 Å². The van der Waals surface area contributed by atoms with Crippen LogP contribution in [-0.2, 0) is 4.79 Å². The van der Waals surface area contributed by atoms with Gasteiger partial charge in [0.25, 0.3) is 0 Å². The van der Waals surface area contributed by atoms with E-state index in [9.17, 15) is 4.79 Å². The summed E-state index contributed by atoms with van der Waals surface area (Å²) in [6.07, 6.45) is 3.83. The Bertz CT molecular complexity index is 263. The van der Waals surface area contributed by atoms with E-state index in [1.54, 1.807) is 0 Å². The Balaban J connectivity index is 2.43. The fourth-order valence-electron chi connectivity index (χ4n) is 3.03. The first-order chi connectivity index (χ1) is 8.40. The fourth-order valence-corrected chi connectivity index (χ4v) is 3.03. The Morgan fingerprint density at radius 1 is 1.22 bits per heavy atom. The van der Waals surface area contributed by atoms with Crippen molar-refractivity contribution in [2.75, 3.05) is 6.54 Å². The Kier molecular flexibility index (Phi) is 6.13. The van der Waals surface area contributed by atoms with Crippen LogP contribution >= 0.6 is 0 Å². The molecule has 0 spiro atoms. The van der Waals surface area contributed by atoms with Crippen molar-refractivity contribution in [3.8, 4) is 0 Å². The van der Waals surface area contributed by atoms with E-state index in [0.717, 1.165) is 5.92 Å². The maximum atomic E-state index is 11.7. The first-order valence-corrected chi connectivity index (χ1v) is 7.42. The molecule has 1 saturated carbocycles. The maximum absolute atomic E-state index is 11.7. The highest BCUT2D eigenvalue weighted by molar-refractivity contribution is 5.78. The smallest absolute Gasteiger partial charge is 0.234 e. The number of carbonyl (C=O) groups is 1. The van der Waals surface area contributed by atoms with Crippen molar-refractivity contribution in [2.45, 2.75) is 66.0 Å². The van der Waals surface area contributed by atoms with Gasteiger partial charge < -0.3 is 10.6 Å². The molecule has 0 heterocycles. The van der Waals surface area contributed by atoms with Crippen LogP contribution in [0.15, 0.2) is 0 Å². The molecule has 1 amide bonds. The van der Waals surface area contributed by atoms with Crippen LogP contribution < -0.4 is 10.6 Å². The zero-order valence-corrected chi connectivity index (χ0v) is 12.6. The summed E-state index contributed by atoms with van der Waals surface area (Å²) in [5.41, 5.74) is 0. The highest BCUT2D eigenvalue weighted by Crippen LogP contribution is 2.33. The van der Waals surface area contributed by atoms with E-state index in [4.69, 9.17) is 0 Å². The number of nitrogens with one attached hydrogen (secondary N) is 2. The van der Waals surface area contributed by atoms with E-state index < -0.39 is 0 Å². The van der Waals surface area contributed by atoms with Crippen LogP contribution in [-0.4, -0.2) is 24.5 Å². The normalized spacial score (nSPS) is 28.7. The average Bonchev–Trinajstić information content (AvgIpc) is 2.25. The van der Waals surface area contributed by atoms with Crippen LogP contribution in [0.1, 0.15) is 53.9 Å². The zero-order chi connectivity index (χ0) is 13.7. The molecule has 0 aromatic heterocycles. The van der Waals surface area contributed by atoms with Gasteiger partial charge in [-0.15, -0.1) is 0 Å². The molecule has 2 N–H and O–H groups in total. The highest BCUT2D eigenvalue weighted by Gasteiger charge is 2.30. The van der Waals surface area contributed by atoms with Crippen molar-refractivity contribution < 1.29 is 4.79 Å². The van der Waals surface area contributed by atoms with E-state index >= 15 is 0 Å². The van der Waals surface area contributed by atoms with E-state index in [2.05, 4.69) is 31.4 Å². The summed E-state index contributed by atoms with van der Waals surface area (Å²) in [5, 5.41) is 6.41. The maximum Gasteiger partial charge on any atom is 0.234 e. The first-order valence-electron chi connectivity index (χ1n) is 7.42. The van der Waals surface area contributed by atoms with Gasteiger partial charge in [-0.25, -0.2) is 0 Å². The minimum Gasteiger partial charge on any atom is -0.353 e. The quantitative estimate of drug-likeness (QED) is 0.791. The van der Waals surface area contributed by atoms with E-state index in [0.29, 0.717) is 24.4 Å². The molecule has 3 unspecified atom stereocenters. The number of hydrogen-bond donors (Lipinski definition) is 2. The lowest BCUT2D eigenvalue weighted by Crippen LogP contribution is -2.47. The van der Waals surface area contributed by atoms with E-state index in [1.807, 2.05) is 13.8 Å². The second kappa shape index (κ2) is 7.13. The van der Waals surface area contributed by atoms with Gasteiger partial charge in [-0.3, -0.25) is 4.79 Å². The van der Waals surface area contributed by atoms with E-state index in [1.165, 1.54) is 19.3 Å². The summed E-state index contributed by atoms with van der Waals surface area (Å²) >= 11 is 0. The summed E-state index contributed by atoms with van der Waals surface area (Å²) in [6, 6.07) is 0.733. The third-order valence-electron chi connectivity index (χ3n) is 4.00. The van der Waals surface area contributed by atoms with Crippen LogP contribution in [0.2, 0.25) is 0 Å². The predicted octanol–water partition coefficient (Wildman–Crippen LogP) is 2.56. The molecule has 1 aliphatic carbocycles. The van der Waals surface area contributed by atoms with Crippen molar-refractivity contribution in [3.63, 3.8) is 0 Å². The monoisotopic (exact) mass is 254 g/mol. The molecule has 0 saturated heterocycles. The van der Waals surface area contributed by atoms with Gasteiger partial charge in [0.15, 0.2) is 0 Å². The summed E-state index contributed by atoms with van der Waals surface area (Å²) in [5.74, 6) is 2.31. The summed E-state index contributed by atoms with van der Waals surface area (Å²) in [6.45, 7) is 11.4. The van der Waals surface area contributed by atoms with Crippen molar-refractivity contribution in [1.29, 1.82) is 0 Å². The molecule has 1 fully saturated rings. The lowest BCUT2D eigenvalue weighted by atomic mass is 9.74. The average molecular weight is 254 g/mol. The molecule has 3 nitrogen and oxygen atoms in total. The Hall–Kier alpha value is -0.570. The molecule has 1 aliphatic rings. The van der Waals surface area contributed by atoms with Crippen molar-refractivity contribution in [2.24, 2.45) is 17.8 Å². The van der Waals surface area contributed by atoms with Gasteiger partial charge in [0.1, 0.15) is 0 Å². The molecule has 0 bridgehead atoms. The number of rotatable bonds is 5. The molecule has 3 atom stereocenters.